The number of nitrogens with zero attached hydrogens (tertiary/aromatic N) is 3. The van der Waals surface area contributed by atoms with Crippen LogP contribution >= 0.6 is 11.6 Å². The molecule has 0 unspecified atom stereocenters. The largest absolute Gasteiger partial charge is 0.379 e. The molecule has 1 aliphatic heterocycles. The fourth-order valence-electron chi connectivity index (χ4n) is 4.40. The van der Waals surface area contributed by atoms with Crippen LogP contribution in [0.15, 0.2) is 36.7 Å². The van der Waals surface area contributed by atoms with E-state index >= 15 is 0 Å². The minimum atomic E-state index is 0.0325. The number of anilines is 1. The van der Waals surface area contributed by atoms with Gasteiger partial charge in [0.1, 0.15) is 0 Å². The predicted octanol–water partition coefficient (Wildman–Crippen LogP) is 2.73. The van der Waals surface area contributed by atoms with Crippen LogP contribution in [0.3, 0.4) is 0 Å². The van der Waals surface area contributed by atoms with Gasteiger partial charge in [0.15, 0.2) is 12.4 Å². The van der Waals surface area contributed by atoms with Crippen LogP contribution in [-0.4, -0.2) is 85.3 Å². The van der Waals surface area contributed by atoms with E-state index in [4.69, 9.17) is 30.5 Å². The second kappa shape index (κ2) is 18.9. The fraction of sp³-hybridized carbons (Fsp3) is 0.633. The summed E-state index contributed by atoms with van der Waals surface area (Å²) in [5.41, 5.74) is 4.70. The van der Waals surface area contributed by atoms with Gasteiger partial charge in [-0.05, 0) is 24.8 Å². The van der Waals surface area contributed by atoms with Crippen LogP contribution in [0.4, 0.5) is 5.69 Å². The molecule has 0 fully saturated rings. The van der Waals surface area contributed by atoms with Gasteiger partial charge in [0.2, 0.25) is 5.91 Å². The van der Waals surface area contributed by atoms with E-state index in [1.54, 1.807) is 0 Å². The maximum atomic E-state index is 12.3. The second-order valence-electron chi connectivity index (χ2n) is 10.1. The molecule has 1 amide bonds. The van der Waals surface area contributed by atoms with Crippen molar-refractivity contribution in [1.29, 1.82) is 0 Å². The zero-order valence-corrected chi connectivity index (χ0v) is 25.0. The first-order valence-electron chi connectivity index (χ1n) is 14.5. The predicted molar refractivity (Wildman–Crippen MR) is 156 cm³/mol. The molecule has 1 aliphatic rings. The zero-order chi connectivity index (χ0) is 28.4. The molecular formula is C30H47ClN4O5+2. The van der Waals surface area contributed by atoms with Crippen molar-refractivity contribution in [2.75, 3.05) is 84.3 Å². The Labute approximate surface area is 244 Å². The van der Waals surface area contributed by atoms with Crippen LogP contribution < -0.4 is 19.4 Å². The lowest BCUT2D eigenvalue weighted by molar-refractivity contribution is -0.877. The van der Waals surface area contributed by atoms with Crippen molar-refractivity contribution in [3.8, 4) is 11.4 Å². The number of nitrogens with one attached hydrogen (secondary N) is 1. The summed E-state index contributed by atoms with van der Waals surface area (Å²) in [5, 5.41) is 2.94. The van der Waals surface area contributed by atoms with E-state index in [0.29, 0.717) is 65.6 Å². The Morgan fingerprint density at radius 3 is 2.10 bits per heavy atom. The normalized spacial score (nSPS) is 11.9. The molecule has 9 nitrogen and oxygen atoms in total. The number of hydrogen-bond acceptors (Lipinski definition) is 6. The molecular weight excluding hydrogens is 532 g/mol. The third-order valence-electron chi connectivity index (χ3n) is 6.70. The van der Waals surface area contributed by atoms with Gasteiger partial charge in [0.25, 0.3) is 11.4 Å². The van der Waals surface area contributed by atoms with Gasteiger partial charge < -0.3 is 29.2 Å². The summed E-state index contributed by atoms with van der Waals surface area (Å²) in [6, 6.07) is 8.63. The number of rotatable bonds is 22. The van der Waals surface area contributed by atoms with Crippen molar-refractivity contribution in [1.82, 2.24) is 5.32 Å². The summed E-state index contributed by atoms with van der Waals surface area (Å²) >= 11 is 5.66. The molecule has 2 aromatic heterocycles. The number of aryl methyl sites for hydroxylation is 1. The zero-order valence-electron chi connectivity index (χ0n) is 24.2. The van der Waals surface area contributed by atoms with E-state index in [9.17, 15) is 4.79 Å². The third-order valence-corrected chi connectivity index (χ3v) is 6.97. The van der Waals surface area contributed by atoms with Gasteiger partial charge in [-0.15, -0.1) is 20.7 Å². The van der Waals surface area contributed by atoms with Gasteiger partial charge in [0, 0.05) is 69.5 Å². The molecule has 0 aliphatic carbocycles. The van der Waals surface area contributed by atoms with Gasteiger partial charge in [-0.1, -0.05) is 12.8 Å². The Hall–Kier alpha value is -2.30. The average Bonchev–Trinajstić information content (AvgIpc) is 3.32. The summed E-state index contributed by atoms with van der Waals surface area (Å²) in [7, 11) is 4.10. The van der Waals surface area contributed by atoms with Gasteiger partial charge in [0.05, 0.1) is 46.2 Å². The average molecular weight is 579 g/mol. The highest BCUT2D eigenvalue weighted by Gasteiger charge is 2.33. The quantitative estimate of drug-likeness (QED) is 0.112. The lowest BCUT2D eigenvalue weighted by atomic mass is 10.1. The topological polar surface area (TPSA) is 77.0 Å². The van der Waals surface area contributed by atoms with Crippen molar-refractivity contribution in [2.24, 2.45) is 0 Å². The lowest BCUT2D eigenvalue weighted by Crippen LogP contribution is -2.45. The van der Waals surface area contributed by atoms with Crippen LogP contribution in [0, 0.1) is 0 Å². The molecule has 0 atom stereocenters. The number of aromatic nitrogens is 2. The molecule has 2 aromatic rings. The monoisotopic (exact) mass is 578 g/mol. The molecule has 3 rings (SSSR count). The highest BCUT2D eigenvalue weighted by molar-refractivity contribution is 6.17. The lowest BCUT2D eigenvalue weighted by Gasteiger charge is -2.10. The number of halogens is 1. The first-order valence-corrected chi connectivity index (χ1v) is 15.0. The minimum Gasteiger partial charge on any atom is -0.379 e. The number of fused-ring (bicyclic) bond motifs is 3. The van der Waals surface area contributed by atoms with Crippen LogP contribution in [0.5, 0.6) is 0 Å². The maximum absolute atomic E-state index is 12.3. The summed E-state index contributed by atoms with van der Waals surface area (Å²) in [6.45, 7) is 5.80. The Morgan fingerprint density at radius 1 is 0.825 bits per heavy atom. The van der Waals surface area contributed by atoms with E-state index in [2.05, 4.69) is 56.0 Å². The van der Waals surface area contributed by atoms with Crippen molar-refractivity contribution in [3.63, 3.8) is 0 Å². The van der Waals surface area contributed by atoms with Crippen LogP contribution in [-0.2, 0) is 36.8 Å². The number of alkyl halides is 1. The van der Waals surface area contributed by atoms with Gasteiger partial charge in [-0.25, -0.2) is 0 Å². The SMILES string of the molecule is CN(C)c1cc[n+]2c(c1)-c1cc(CCC(=O)NCCOCCOCCOCCOCCCCCCCl)cc[n+]1C2. The van der Waals surface area contributed by atoms with Crippen LogP contribution in [0.2, 0.25) is 0 Å². The van der Waals surface area contributed by atoms with E-state index < -0.39 is 0 Å². The molecule has 40 heavy (non-hydrogen) atoms. The highest BCUT2D eigenvalue weighted by Crippen LogP contribution is 2.21. The molecule has 222 valence electrons. The van der Waals surface area contributed by atoms with Crippen LogP contribution in [0.1, 0.15) is 37.7 Å². The summed E-state index contributed by atoms with van der Waals surface area (Å²) < 4.78 is 26.6. The van der Waals surface area contributed by atoms with E-state index in [1.807, 2.05) is 14.1 Å². The fourth-order valence-corrected chi connectivity index (χ4v) is 4.59. The van der Waals surface area contributed by atoms with E-state index in [-0.39, 0.29) is 5.91 Å². The number of carbonyl (C=O) groups is 1. The number of carbonyl (C=O) groups excluding carboxylic acids is 1. The minimum absolute atomic E-state index is 0.0325. The number of ether oxygens (including phenoxy) is 4. The third kappa shape index (κ3) is 11.7. The first kappa shape index (κ1) is 32.2. The molecule has 0 spiro atoms. The molecule has 10 heteroatoms. The Balaban J connectivity index is 1.15. The molecule has 0 bridgehead atoms. The first-order chi connectivity index (χ1) is 19.6. The Bertz CT molecular complexity index is 1020. The Morgan fingerprint density at radius 2 is 1.43 bits per heavy atom. The van der Waals surface area contributed by atoms with Crippen LogP contribution in [0.25, 0.3) is 11.4 Å². The number of unbranched alkanes of at least 4 members (excludes halogenated alkanes) is 3. The Kier molecular flexibility index (Phi) is 15.3. The second-order valence-corrected chi connectivity index (χ2v) is 10.4. The molecule has 0 aromatic carbocycles. The van der Waals surface area contributed by atoms with Crippen molar-refractivity contribution in [2.45, 2.75) is 45.2 Å². The molecule has 0 saturated heterocycles. The van der Waals surface area contributed by atoms with Gasteiger partial charge >= 0.3 is 6.67 Å². The maximum Gasteiger partial charge on any atom is 0.345 e. The smallest absolute Gasteiger partial charge is 0.345 e. The summed E-state index contributed by atoms with van der Waals surface area (Å²) in [6.07, 6.45) is 9.87. The molecule has 0 saturated carbocycles. The molecule has 0 radical (unpaired) electrons. The summed E-state index contributed by atoms with van der Waals surface area (Å²) in [4.78, 5) is 14.4. The number of pyridine rings is 2. The van der Waals surface area contributed by atoms with Gasteiger partial charge in [-0.2, -0.15) is 0 Å². The standard InChI is InChI=1S/C30H46ClN4O5/c1-33(2)27-10-14-35-25-34-13-9-26(23-28(34)29(35)24-27)7-8-30(36)32-12-16-38-18-20-40-22-21-39-19-17-37-15-6-4-3-5-11-31/h9-10,13-14,23-24H,3-8,11-12,15-22,25H2,1-2H3/q+1/p+1. The van der Waals surface area contributed by atoms with Gasteiger partial charge in [-0.3, -0.25) is 4.79 Å². The van der Waals surface area contributed by atoms with E-state index in [0.717, 1.165) is 37.6 Å². The van der Waals surface area contributed by atoms with Crippen molar-refractivity contribution < 1.29 is 32.9 Å². The van der Waals surface area contributed by atoms with Crippen molar-refractivity contribution >= 4 is 23.2 Å². The highest BCUT2D eigenvalue weighted by atomic mass is 35.5. The van der Waals surface area contributed by atoms with Crippen molar-refractivity contribution in [3.05, 3.63) is 42.2 Å². The molecule has 3 heterocycles. The number of amides is 1. The van der Waals surface area contributed by atoms with E-state index in [1.165, 1.54) is 29.9 Å². The molecule has 1 N–H and O–H groups in total. The number of hydrogen-bond donors (Lipinski definition) is 1. The summed E-state index contributed by atoms with van der Waals surface area (Å²) in [5.74, 6) is 0.775.